The Kier molecular flexibility index (Phi) is 2.46. The van der Waals surface area contributed by atoms with E-state index in [1.54, 1.807) is 6.20 Å². The molecule has 0 amide bonds. The lowest BCUT2D eigenvalue weighted by Crippen LogP contribution is -2.33. The first kappa shape index (κ1) is 9.36. The lowest BCUT2D eigenvalue weighted by molar-refractivity contribution is 0.268. The molecule has 4 nitrogen and oxygen atoms in total. The van der Waals surface area contributed by atoms with Crippen LogP contribution in [0.25, 0.3) is 0 Å². The van der Waals surface area contributed by atoms with Gasteiger partial charge in [0, 0.05) is 31.2 Å². The molecular formula is C11H17N3O. The van der Waals surface area contributed by atoms with Gasteiger partial charge < -0.3 is 9.84 Å². The number of hydrogen-bond acceptors (Lipinski definition) is 4. The number of nitrogens with zero attached hydrogens (tertiary/aromatic N) is 2. The van der Waals surface area contributed by atoms with Gasteiger partial charge in [-0.3, -0.25) is 4.90 Å². The maximum Gasteiger partial charge on any atom is 0.150 e. The maximum absolute atomic E-state index is 5.11. The molecule has 2 fully saturated rings. The molecule has 1 aliphatic heterocycles. The van der Waals surface area contributed by atoms with Gasteiger partial charge in [0.15, 0.2) is 5.76 Å². The molecule has 2 heterocycles. The van der Waals surface area contributed by atoms with Crippen LogP contribution in [-0.4, -0.2) is 35.2 Å². The first-order valence-electron chi connectivity index (χ1n) is 5.78. The van der Waals surface area contributed by atoms with Gasteiger partial charge in [0.25, 0.3) is 0 Å². The molecule has 1 aromatic heterocycles. The fourth-order valence-corrected chi connectivity index (χ4v) is 2.24. The molecule has 1 aromatic rings. The Balaban J connectivity index is 1.48. The SMILES string of the molecule is c1cc(CN2CCC(NC3CC3)C2)on1. The predicted molar refractivity (Wildman–Crippen MR) is 56.3 cm³/mol. The fourth-order valence-electron chi connectivity index (χ4n) is 2.24. The van der Waals surface area contributed by atoms with Crippen LogP contribution in [0.4, 0.5) is 0 Å². The third-order valence-electron chi connectivity index (χ3n) is 3.19. The number of aromatic nitrogens is 1. The minimum atomic E-state index is 0.695. The largest absolute Gasteiger partial charge is 0.360 e. The van der Waals surface area contributed by atoms with E-state index in [2.05, 4.69) is 15.4 Å². The van der Waals surface area contributed by atoms with Crippen LogP contribution in [0.5, 0.6) is 0 Å². The van der Waals surface area contributed by atoms with Crippen LogP contribution in [0.1, 0.15) is 25.0 Å². The maximum atomic E-state index is 5.11. The van der Waals surface area contributed by atoms with Crippen molar-refractivity contribution in [1.29, 1.82) is 0 Å². The molecule has 1 saturated carbocycles. The minimum absolute atomic E-state index is 0.695. The highest BCUT2D eigenvalue weighted by atomic mass is 16.5. The van der Waals surface area contributed by atoms with Gasteiger partial charge in [0.05, 0.1) is 12.7 Å². The zero-order valence-electron chi connectivity index (χ0n) is 8.85. The summed E-state index contributed by atoms with van der Waals surface area (Å²) in [5, 5.41) is 7.40. The number of hydrogen-bond donors (Lipinski definition) is 1. The molecule has 1 atom stereocenters. The van der Waals surface area contributed by atoms with Gasteiger partial charge >= 0.3 is 0 Å². The third kappa shape index (κ3) is 2.38. The summed E-state index contributed by atoms with van der Waals surface area (Å²) in [4.78, 5) is 2.43. The molecular weight excluding hydrogens is 190 g/mol. The molecule has 82 valence electrons. The lowest BCUT2D eigenvalue weighted by Gasteiger charge is -2.14. The van der Waals surface area contributed by atoms with Crippen LogP contribution in [0.3, 0.4) is 0 Å². The van der Waals surface area contributed by atoms with Crippen molar-refractivity contribution in [2.75, 3.05) is 13.1 Å². The molecule has 1 saturated heterocycles. The van der Waals surface area contributed by atoms with Crippen molar-refractivity contribution in [2.24, 2.45) is 0 Å². The first-order chi connectivity index (χ1) is 7.40. The van der Waals surface area contributed by atoms with E-state index in [1.165, 1.54) is 25.8 Å². The Morgan fingerprint density at radius 1 is 1.40 bits per heavy atom. The summed E-state index contributed by atoms with van der Waals surface area (Å²) in [7, 11) is 0. The van der Waals surface area contributed by atoms with E-state index in [-0.39, 0.29) is 0 Å². The van der Waals surface area contributed by atoms with Crippen molar-refractivity contribution >= 4 is 0 Å². The van der Waals surface area contributed by atoms with E-state index < -0.39 is 0 Å². The Hall–Kier alpha value is -0.870. The van der Waals surface area contributed by atoms with E-state index in [0.717, 1.165) is 24.9 Å². The normalized spacial score (nSPS) is 27.3. The molecule has 1 aliphatic carbocycles. The zero-order valence-corrected chi connectivity index (χ0v) is 8.85. The number of rotatable bonds is 4. The molecule has 4 heteroatoms. The predicted octanol–water partition coefficient (Wildman–Crippen LogP) is 1.00. The molecule has 15 heavy (non-hydrogen) atoms. The van der Waals surface area contributed by atoms with Crippen molar-refractivity contribution in [3.05, 3.63) is 18.0 Å². The first-order valence-corrected chi connectivity index (χ1v) is 5.78. The van der Waals surface area contributed by atoms with Crippen LogP contribution in [0, 0.1) is 0 Å². The zero-order chi connectivity index (χ0) is 10.1. The van der Waals surface area contributed by atoms with Gasteiger partial charge in [-0.15, -0.1) is 0 Å². The second-order valence-corrected chi connectivity index (χ2v) is 4.64. The van der Waals surface area contributed by atoms with Crippen molar-refractivity contribution in [3.63, 3.8) is 0 Å². The second kappa shape index (κ2) is 3.94. The molecule has 0 radical (unpaired) electrons. The Bertz CT molecular complexity index is 308. The average molecular weight is 207 g/mol. The van der Waals surface area contributed by atoms with E-state index in [1.807, 2.05) is 6.07 Å². The molecule has 1 unspecified atom stereocenters. The van der Waals surface area contributed by atoms with Crippen LogP contribution in [0.2, 0.25) is 0 Å². The molecule has 0 aromatic carbocycles. The summed E-state index contributed by atoms with van der Waals surface area (Å²) in [6.07, 6.45) is 5.73. The minimum Gasteiger partial charge on any atom is -0.360 e. The lowest BCUT2D eigenvalue weighted by atomic mass is 10.2. The number of likely N-dealkylation sites (tertiary alicyclic amines) is 1. The monoisotopic (exact) mass is 207 g/mol. The summed E-state index contributed by atoms with van der Waals surface area (Å²) in [6, 6.07) is 3.46. The molecule has 2 aliphatic rings. The highest BCUT2D eigenvalue weighted by Crippen LogP contribution is 2.22. The van der Waals surface area contributed by atoms with Crippen LogP contribution in [0.15, 0.2) is 16.8 Å². The highest BCUT2D eigenvalue weighted by Gasteiger charge is 2.29. The van der Waals surface area contributed by atoms with Crippen LogP contribution in [-0.2, 0) is 6.54 Å². The summed E-state index contributed by atoms with van der Waals surface area (Å²) in [5.41, 5.74) is 0. The van der Waals surface area contributed by atoms with Crippen molar-refractivity contribution in [2.45, 2.75) is 37.9 Å². The smallest absolute Gasteiger partial charge is 0.150 e. The van der Waals surface area contributed by atoms with Crippen LogP contribution >= 0.6 is 0 Å². The topological polar surface area (TPSA) is 41.3 Å². The van der Waals surface area contributed by atoms with Crippen LogP contribution < -0.4 is 5.32 Å². The quantitative estimate of drug-likeness (QED) is 0.799. The summed E-state index contributed by atoms with van der Waals surface area (Å²) in [6.45, 7) is 3.23. The van der Waals surface area contributed by atoms with E-state index in [4.69, 9.17) is 4.52 Å². The van der Waals surface area contributed by atoms with Gasteiger partial charge in [0.1, 0.15) is 0 Å². The summed E-state index contributed by atoms with van der Waals surface area (Å²) < 4.78 is 5.11. The average Bonchev–Trinajstić information content (AvgIpc) is 2.74. The second-order valence-electron chi connectivity index (χ2n) is 4.64. The van der Waals surface area contributed by atoms with Gasteiger partial charge in [-0.2, -0.15) is 0 Å². The summed E-state index contributed by atoms with van der Waals surface area (Å²) >= 11 is 0. The van der Waals surface area contributed by atoms with Crippen molar-refractivity contribution in [3.8, 4) is 0 Å². The van der Waals surface area contributed by atoms with Crippen molar-refractivity contribution < 1.29 is 4.52 Å². The van der Waals surface area contributed by atoms with Gasteiger partial charge in [-0.25, -0.2) is 0 Å². The van der Waals surface area contributed by atoms with E-state index in [9.17, 15) is 0 Å². The number of nitrogens with one attached hydrogen (secondary N) is 1. The molecule has 0 spiro atoms. The highest BCUT2D eigenvalue weighted by molar-refractivity contribution is 4.95. The standard InChI is InChI=1S/C11H17N3O/c1-2-9(1)13-10-4-6-14(7-10)8-11-3-5-12-15-11/h3,5,9-10,13H,1-2,4,6-8H2. The van der Waals surface area contributed by atoms with Gasteiger partial charge in [-0.1, -0.05) is 5.16 Å². The van der Waals surface area contributed by atoms with E-state index >= 15 is 0 Å². The summed E-state index contributed by atoms with van der Waals surface area (Å²) in [5.74, 6) is 0.974. The Morgan fingerprint density at radius 3 is 3.07 bits per heavy atom. The van der Waals surface area contributed by atoms with Gasteiger partial charge in [0.2, 0.25) is 0 Å². The van der Waals surface area contributed by atoms with E-state index in [0.29, 0.717) is 6.04 Å². The molecule has 3 rings (SSSR count). The Morgan fingerprint density at radius 2 is 2.33 bits per heavy atom. The van der Waals surface area contributed by atoms with Gasteiger partial charge in [-0.05, 0) is 19.3 Å². The molecule has 0 bridgehead atoms. The Labute approximate surface area is 89.6 Å². The van der Waals surface area contributed by atoms with Crippen molar-refractivity contribution in [1.82, 2.24) is 15.4 Å². The third-order valence-corrected chi connectivity index (χ3v) is 3.19. The molecule has 1 N–H and O–H groups in total. The fraction of sp³-hybridized carbons (Fsp3) is 0.727.